The SMILES string of the molecule is CC(=O)CN1CCN(c2nc3ccccc3cc2C(=O)O)CC1. The number of piperazine rings is 1. The summed E-state index contributed by atoms with van der Waals surface area (Å²) in [6.07, 6.45) is 0. The highest BCUT2D eigenvalue weighted by Crippen LogP contribution is 2.24. The van der Waals surface area contributed by atoms with Gasteiger partial charge in [0.05, 0.1) is 12.1 Å². The number of hydrogen-bond donors (Lipinski definition) is 1. The number of rotatable bonds is 4. The lowest BCUT2D eigenvalue weighted by Crippen LogP contribution is -2.48. The molecule has 2 aromatic rings. The van der Waals surface area contributed by atoms with Gasteiger partial charge in [-0.2, -0.15) is 0 Å². The number of pyridine rings is 1. The predicted molar refractivity (Wildman–Crippen MR) is 88.0 cm³/mol. The minimum absolute atomic E-state index is 0.147. The molecule has 6 nitrogen and oxygen atoms in total. The molecule has 1 aliphatic heterocycles. The van der Waals surface area contributed by atoms with Crippen LogP contribution in [0.3, 0.4) is 0 Å². The summed E-state index contributed by atoms with van der Waals surface area (Å²) in [5, 5.41) is 10.3. The molecule has 1 N–H and O–H groups in total. The standard InChI is InChI=1S/C17H19N3O3/c1-12(21)11-19-6-8-20(9-7-19)16-14(17(22)23)10-13-4-2-3-5-15(13)18-16/h2-5,10H,6-9,11H2,1H3,(H,22,23). The Morgan fingerprint density at radius 3 is 2.52 bits per heavy atom. The van der Waals surface area contributed by atoms with Crippen LogP contribution in [0.25, 0.3) is 10.9 Å². The second-order valence-electron chi connectivity index (χ2n) is 5.82. The summed E-state index contributed by atoms with van der Waals surface area (Å²) in [4.78, 5) is 31.4. The van der Waals surface area contributed by atoms with Gasteiger partial charge in [0, 0.05) is 31.6 Å². The van der Waals surface area contributed by atoms with E-state index in [1.165, 1.54) is 0 Å². The van der Waals surface area contributed by atoms with Crippen molar-refractivity contribution in [3.05, 3.63) is 35.9 Å². The number of ketones is 1. The lowest BCUT2D eigenvalue weighted by Gasteiger charge is -2.35. The van der Waals surface area contributed by atoms with Crippen molar-refractivity contribution in [3.63, 3.8) is 0 Å². The Morgan fingerprint density at radius 2 is 1.87 bits per heavy atom. The Morgan fingerprint density at radius 1 is 1.17 bits per heavy atom. The van der Waals surface area contributed by atoms with Crippen LogP contribution in [0, 0.1) is 0 Å². The summed E-state index contributed by atoms with van der Waals surface area (Å²) in [7, 11) is 0. The fraction of sp³-hybridized carbons (Fsp3) is 0.353. The Balaban J connectivity index is 1.88. The highest BCUT2D eigenvalue weighted by atomic mass is 16.4. The van der Waals surface area contributed by atoms with Crippen LogP contribution >= 0.6 is 0 Å². The first-order chi connectivity index (χ1) is 11.0. The molecule has 0 radical (unpaired) electrons. The Labute approximate surface area is 134 Å². The summed E-state index contributed by atoms with van der Waals surface area (Å²) in [5.41, 5.74) is 1.02. The van der Waals surface area contributed by atoms with E-state index in [1.54, 1.807) is 13.0 Å². The first-order valence-electron chi connectivity index (χ1n) is 7.64. The zero-order valence-corrected chi connectivity index (χ0v) is 13.0. The van der Waals surface area contributed by atoms with E-state index in [1.807, 2.05) is 29.2 Å². The van der Waals surface area contributed by atoms with Crippen molar-refractivity contribution < 1.29 is 14.7 Å². The lowest BCUT2D eigenvalue weighted by molar-refractivity contribution is -0.118. The van der Waals surface area contributed by atoms with Gasteiger partial charge in [0.2, 0.25) is 0 Å². The number of Topliss-reactive ketones (excluding diaryl/α,β-unsaturated/α-hetero) is 1. The van der Waals surface area contributed by atoms with Gasteiger partial charge in [-0.05, 0) is 19.1 Å². The molecule has 0 saturated carbocycles. The monoisotopic (exact) mass is 313 g/mol. The van der Waals surface area contributed by atoms with E-state index in [0.29, 0.717) is 25.5 Å². The van der Waals surface area contributed by atoms with Gasteiger partial charge in [-0.3, -0.25) is 9.69 Å². The van der Waals surface area contributed by atoms with Crippen molar-refractivity contribution in [2.45, 2.75) is 6.92 Å². The van der Waals surface area contributed by atoms with Crippen LogP contribution in [0.5, 0.6) is 0 Å². The number of carboxylic acids is 1. The zero-order valence-electron chi connectivity index (χ0n) is 13.0. The molecule has 3 rings (SSSR count). The summed E-state index contributed by atoms with van der Waals surface area (Å²) in [5.74, 6) is -0.309. The van der Waals surface area contributed by atoms with Crippen molar-refractivity contribution in [2.75, 3.05) is 37.6 Å². The van der Waals surface area contributed by atoms with Gasteiger partial charge in [0.1, 0.15) is 17.2 Å². The van der Waals surface area contributed by atoms with E-state index in [9.17, 15) is 14.7 Å². The average Bonchev–Trinajstić information content (AvgIpc) is 2.53. The molecule has 0 aliphatic carbocycles. The number of anilines is 1. The van der Waals surface area contributed by atoms with Gasteiger partial charge >= 0.3 is 5.97 Å². The number of carbonyl (C=O) groups is 2. The minimum atomic E-state index is -0.968. The molecule has 1 fully saturated rings. The Hall–Kier alpha value is -2.47. The number of carbonyl (C=O) groups excluding carboxylic acids is 1. The third-order valence-corrected chi connectivity index (χ3v) is 4.05. The average molecular weight is 313 g/mol. The summed E-state index contributed by atoms with van der Waals surface area (Å²) in [6.45, 7) is 4.82. The maximum atomic E-state index is 11.6. The third kappa shape index (κ3) is 3.32. The zero-order chi connectivity index (χ0) is 16.4. The molecular weight excluding hydrogens is 294 g/mol. The first-order valence-corrected chi connectivity index (χ1v) is 7.64. The maximum absolute atomic E-state index is 11.6. The van der Waals surface area contributed by atoms with Gasteiger partial charge in [0.15, 0.2) is 0 Å². The largest absolute Gasteiger partial charge is 0.478 e. The summed E-state index contributed by atoms with van der Waals surface area (Å²) in [6, 6.07) is 9.20. The van der Waals surface area contributed by atoms with E-state index < -0.39 is 5.97 Å². The number of aromatic carboxylic acids is 1. The smallest absolute Gasteiger partial charge is 0.339 e. The molecule has 0 unspecified atom stereocenters. The molecule has 1 aromatic heterocycles. The lowest BCUT2D eigenvalue weighted by atomic mass is 10.1. The molecule has 23 heavy (non-hydrogen) atoms. The van der Waals surface area contributed by atoms with Crippen molar-refractivity contribution in [3.8, 4) is 0 Å². The summed E-state index contributed by atoms with van der Waals surface area (Å²) < 4.78 is 0. The van der Waals surface area contributed by atoms with Crippen LogP contribution in [-0.4, -0.2) is 59.5 Å². The molecule has 2 heterocycles. The normalized spacial score (nSPS) is 15.8. The molecule has 0 bridgehead atoms. The van der Waals surface area contributed by atoms with E-state index >= 15 is 0 Å². The van der Waals surface area contributed by atoms with Crippen LogP contribution in [0.4, 0.5) is 5.82 Å². The van der Waals surface area contributed by atoms with Crippen molar-refractivity contribution in [1.82, 2.24) is 9.88 Å². The van der Waals surface area contributed by atoms with E-state index in [0.717, 1.165) is 24.0 Å². The van der Waals surface area contributed by atoms with Crippen LogP contribution in [-0.2, 0) is 4.79 Å². The maximum Gasteiger partial charge on any atom is 0.339 e. The second kappa shape index (κ2) is 6.34. The number of benzene rings is 1. The molecule has 0 spiro atoms. The topological polar surface area (TPSA) is 73.7 Å². The number of aromatic nitrogens is 1. The molecule has 120 valence electrons. The predicted octanol–water partition coefficient (Wildman–Crippen LogP) is 1.64. The molecule has 0 atom stereocenters. The van der Waals surface area contributed by atoms with Crippen LogP contribution in [0.15, 0.2) is 30.3 Å². The quantitative estimate of drug-likeness (QED) is 0.925. The van der Waals surface area contributed by atoms with Gasteiger partial charge in [0.25, 0.3) is 0 Å². The third-order valence-electron chi connectivity index (χ3n) is 4.05. The molecule has 1 aliphatic rings. The van der Waals surface area contributed by atoms with Gasteiger partial charge < -0.3 is 10.0 Å². The minimum Gasteiger partial charge on any atom is -0.478 e. The number of carboxylic acid groups (broad SMARTS) is 1. The van der Waals surface area contributed by atoms with Gasteiger partial charge in [-0.15, -0.1) is 0 Å². The molecule has 1 aromatic carbocycles. The van der Waals surface area contributed by atoms with E-state index in [4.69, 9.17) is 0 Å². The summed E-state index contributed by atoms with van der Waals surface area (Å²) >= 11 is 0. The number of fused-ring (bicyclic) bond motifs is 1. The van der Waals surface area contributed by atoms with Crippen LogP contribution in [0.2, 0.25) is 0 Å². The molecular formula is C17H19N3O3. The highest BCUT2D eigenvalue weighted by Gasteiger charge is 2.23. The Bertz CT molecular complexity index is 752. The van der Waals surface area contributed by atoms with Gasteiger partial charge in [-0.1, -0.05) is 18.2 Å². The van der Waals surface area contributed by atoms with Crippen LogP contribution < -0.4 is 4.90 Å². The number of hydrogen-bond acceptors (Lipinski definition) is 5. The number of nitrogens with zero attached hydrogens (tertiary/aromatic N) is 3. The Kier molecular flexibility index (Phi) is 4.25. The second-order valence-corrected chi connectivity index (χ2v) is 5.82. The molecule has 1 saturated heterocycles. The number of para-hydroxylation sites is 1. The van der Waals surface area contributed by atoms with E-state index in [-0.39, 0.29) is 11.3 Å². The van der Waals surface area contributed by atoms with Crippen molar-refractivity contribution in [1.29, 1.82) is 0 Å². The van der Waals surface area contributed by atoms with Crippen molar-refractivity contribution in [2.24, 2.45) is 0 Å². The molecule has 0 amide bonds. The van der Waals surface area contributed by atoms with E-state index in [2.05, 4.69) is 9.88 Å². The first kappa shape index (κ1) is 15.4. The fourth-order valence-corrected chi connectivity index (χ4v) is 2.94. The fourth-order valence-electron chi connectivity index (χ4n) is 2.94. The highest BCUT2D eigenvalue weighted by molar-refractivity contribution is 5.98. The van der Waals surface area contributed by atoms with Crippen molar-refractivity contribution >= 4 is 28.5 Å². The van der Waals surface area contributed by atoms with Crippen LogP contribution in [0.1, 0.15) is 17.3 Å². The van der Waals surface area contributed by atoms with Gasteiger partial charge in [-0.25, -0.2) is 9.78 Å². The molecule has 6 heteroatoms.